The lowest BCUT2D eigenvalue weighted by Gasteiger charge is -2.44. The summed E-state index contributed by atoms with van der Waals surface area (Å²) in [6.45, 7) is 9.17. The van der Waals surface area contributed by atoms with Crippen molar-refractivity contribution in [1.29, 1.82) is 0 Å². The van der Waals surface area contributed by atoms with Crippen LogP contribution in [0.2, 0.25) is 0 Å². The van der Waals surface area contributed by atoms with Gasteiger partial charge in [-0.1, -0.05) is 36.4 Å². The van der Waals surface area contributed by atoms with Gasteiger partial charge in [-0.2, -0.15) is 0 Å². The Morgan fingerprint density at radius 1 is 1.00 bits per heavy atom. The van der Waals surface area contributed by atoms with E-state index in [-0.39, 0.29) is 0 Å². The lowest BCUT2D eigenvalue weighted by molar-refractivity contribution is -0.0596. The molecule has 2 bridgehead atoms. The van der Waals surface area contributed by atoms with Crippen LogP contribution in [0.3, 0.4) is 0 Å². The summed E-state index contributed by atoms with van der Waals surface area (Å²) in [5.74, 6) is 0. The second-order valence-corrected chi connectivity index (χ2v) is 10.6. The first-order chi connectivity index (χ1) is 14.7. The Labute approximate surface area is 185 Å². The average Bonchev–Trinajstić information content (AvgIpc) is 3.10. The lowest BCUT2D eigenvalue weighted by atomic mass is 9.75. The van der Waals surface area contributed by atoms with Crippen molar-refractivity contribution < 1.29 is 14.4 Å². The number of pyridine rings is 1. The minimum absolute atomic E-state index is 0.393. The van der Waals surface area contributed by atoms with Crippen LogP contribution in [0, 0.1) is 0 Å². The predicted molar refractivity (Wildman–Crippen MR) is 122 cm³/mol. The normalized spacial score (nSPS) is 31.8. The van der Waals surface area contributed by atoms with Crippen molar-refractivity contribution in [3.8, 4) is 0 Å². The lowest BCUT2D eigenvalue weighted by Crippen LogP contribution is -2.49. The standard InChI is InChI=1S/C25H33BN2O3/c1-23(2)24(3,4)31-26(30-23)20-12-19(15-27-16-20)25(29)13-21-10-11-22(14-25)28(21)17-18-8-6-5-7-9-18/h5-9,12,15-16,21-22,29H,10-11,13-14,17H2,1-4H3. The molecule has 6 heteroatoms. The number of nitrogens with zero attached hydrogens (tertiary/aromatic N) is 2. The molecule has 2 aromatic rings. The van der Waals surface area contributed by atoms with E-state index in [9.17, 15) is 5.11 Å². The van der Waals surface area contributed by atoms with Crippen LogP contribution in [0.5, 0.6) is 0 Å². The molecule has 0 aliphatic carbocycles. The van der Waals surface area contributed by atoms with Gasteiger partial charge >= 0.3 is 7.12 Å². The number of aromatic nitrogens is 1. The highest BCUT2D eigenvalue weighted by Crippen LogP contribution is 2.46. The molecule has 0 amide bonds. The van der Waals surface area contributed by atoms with Crippen molar-refractivity contribution in [2.75, 3.05) is 0 Å². The van der Waals surface area contributed by atoms with E-state index in [2.05, 4.69) is 67.9 Å². The third-order valence-electron chi connectivity index (χ3n) is 7.95. The molecule has 0 saturated carbocycles. The van der Waals surface area contributed by atoms with Crippen molar-refractivity contribution in [2.45, 2.75) is 88.8 Å². The molecule has 2 atom stereocenters. The summed E-state index contributed by atoms with van der Waals surface area (Å²) < 4.78 is 12.4. The monoisotopic (exact) mass is 420 g/mol. The molecular weight excluding hydrogens is 387 g/mol. The summed E-state index contributed by atoms with van der Waals surface area (Å²) in [5.41, 5.74) is 1.46. The number of hydrogen-bond donors (Lipinski definition) is 1. The molecule has 3 saturated heterocycles. The van der Waals surface area contributed by atoms with Gasteiger partial charge in [-0.3, -0.25) is 9.88 Å². The maximum atomic E-state index is 11.7. The van der Waals surface area contributed by atoms with Crippen molar-refractivity contribution in [3.05, 3.63) is 59.9 Å². The van der Waals surface area contributed by atoms with Gasteiger partial charge in [-0.05, 0) is 58.9 Å². The fraction of sp³-hybridized carbons (Fsp3) is 0.560. The van der Waals surface area contributed by atoms with Gasteiger partial charge in [0, 0.05) is 42.0 Å². The first-order valence-electron chi connectivity index (χ1n) is 11.5. The van der Waals surface area contributed by atoms with E-state index in [4.69, 9.17) is 9.31 Å². The number of aliphatic hydroxyl groups is 1. The average molecular weight is 420 g/mol. The number of benzene rings is 1. The molecule has 164 valence electrons. The number of piperidine rings is 1. The molecule has 4 heterocycles. The second-order valence-electron chi connectivity index (χ2n) is 10.6. The van der Waals surface area contributed by atoms with Crippen LogP contribution in [-0.4, -0.2) is 45.4 Å². The van der Waals surface area contributed by atoms with Crippen LogP contribution >= 0.6 is 0 Å². The Morgan fingerprint density at radius 3 is 2.23 bits per heavy atom. The van der Waals surface area contributed by atoms with Crippen LogP contribution in [0.1, 0.15) is 64.5 Å². The fourth-order valence-electron chi connectivity index (χ4n) is 5.42. The fourth-order valence-corrected chi connectivity index (χ4v) is 5.42. The van der Waals surface area contributed by atoms with Crippen LogP contribution < -0.4 is 5.46 Å². The molecule has 0 radical (unpaired) electrons. The van der Waals surface area contributed by atoms with E-state index in [0.29, 0.717) is 12.1 Å². The molecular formula is C25H33BN2O3. The molecule has 3 aliphatic heterocycles. The maximum absolute atomic E-state index is 11.7. The third-order valence-corrected chi connectivity index (χ3v) is 7.95. The topological polar surface area (TPSA) is 54.8 Å². The van der Waals surface area contributed by atoms with Gasteiger partial charge in [-0.25, -0.2) is 0 Å². The zero-order chi connectivity index (χ0) is 21.9. The first-order valence-corrected chi connectivity index (χ1v) is 11.5. The molecule has 3 fully saturated rings. The van der Waals surface area contributed by atoms with Crippen LogP contribution in [0.15, 0.2) is 48.8 Å². The molecule has 31 heavy (non-hydrogen) atoms. The number of fused-ring (bicyclic) bond motifs is 2. The van der Waals surface area contributed by atoms with Crippen LogP contribution in [0.4, 0.5) is 0 Å². The van der Waals surface area contributed by atoms with E-state index in [1.807, 2.05) is 12.3 Å². The Balaban J connectivity index is 1.35. The van der Waals surface area contributed by atoms with Crippen molar-refractivity contribution in [3.63, 3.8) is 0 Å². The predicted octanol–water partition coefficient (Wildman–Crippen LogP) is 3.40. The number of rotatable bonds is 4. The van der Waals surface area contributed by atoms with E-state index < -0.39 is 23.9 Å². The van der Waals surface area contributed by atoms with Gasteiger partial charge in [0.2, 0.25) is 0 Å². The number of hydrogen-bond acceptors (Lipinski definition) is 5. The molecule has 2 unspecified atom stereocenters. The largest absolute Gasteiger partial charge is 0.496 e. The van der Waals surface area contributed by atoms with E-state index >= 15 is 0 Å². The Hall–Kier alpha value is -1.73. The minimum Gasteiger partial charge on any atom is -0.399 e. The highest BCUT2D eigenvalue weighted by atomic mass is 16.7. The minimum atomic E-state index is -0.855. The van der Waals surface area contributed by atoms with E-state index in [0.717, 1.165) is 43.3 Å². The Morgan fingerprint density at radius 2 is 1.61 bits per heavy atom. The van der Waals surface area contributed by atoms with E-state index in [1.54, 1.807) is 6.20 Å². The quantitative estimate of drug-likeness (QED) is 0.769. The van der Waals surface area contributed by atoms with Gasteiger partial charge in [0.05, 0.1) is 16.8 Å². The summed E-state index contributed by atoms with van der Waals surface area (Å²) in [7, 11) is -0.462. The Bertz CT molecular complexity index is 919. The molecule has 1 aromatic carbocycles. The smallest absolute Gasteiger partial charge is 0.399 e. The van der Waals surface area contributed by atoms with E-state index in [1.165, 1.54) is 5.56 Å². The summed E-state index contributed by atoms with van der Waals surface area (Å²) in [6.07, 6.45) is 7.39. The van der Waals surface area contributed by atoms with Gasteiger partial charge in [0.25, 0.3) is 0 Å². The zero-order valence-electron chi connectivity index (χ0n) is 19.0. The van der Waals surface area contributed by atoms with Gasteiger partial charge in [0.15, 0.2) is 0 Å². The molecule has 3 aliphatic rings. The first kappa shape index (κ1) is 21.1. The molecule has 5 rings (SSSR count). The van der Waals surface area contributed by atoms with Gasteiger partial charge in [0.1, 0.15) is 0 Å². The van der Waals surface area contributed by atoms with Crippen LogP contribution in [-0.2, 0) is 21.5 Å². The SMILES string of the molecule is CC1(C)OB(c2cncc(C3(O)CC4CCC(C3)N4Cc3ccccc3)c2)OC1(C)C. The molecule has 0 spiro atoms. The second kappa shape index (κ2) is 7.41. The molecule has 1 aromatic heterocycles. The van der Waals surface area contributed by atoms with Crippen molar-refractivity contribution >= 4 is 12.6 Å². The van der Waals surface area contributed by atoms with Gasteiger partial charge in [-0.15, -0.1) is 0 Å². The summed E-state index contributed by atoms with van der Waals surface area (Å²) in [4.78, 5) is 7.06. The molecule has 5 nitrogen and oxygen atoms in total. The summed E-state index contributed by atoms with van der Waals surface area (Å²) in [6, 6.07) is 13.5. The Kier molecular flexibility index (Phi) is 5.05. The zero-order valence-corrected chi connectivity index (χ0v) is 19.0. The summed E-state index contributed by atoms with van der Waals surface area (Å²) in [5, 5.41) is 11.7. The maximum Gasteiger partial charge on any atom is 0.496 e. The van der Waals surface area contributed by atoms with Crippen LogP contribution in [0.25, 0.3) is 0 Å². The highest BCUT2D eigenvalue weighted by Gasteiger charge is 2.53. The third kappa shape index (κ3) is 3.74. The van der Waals surface area contributed by atoms with Gasteiger partial charge < -0.3 is 14.4 Å². The highest BCUT2D eigenvalue weighted by molar-refractivity contribution is 6.62. The summed E-state index contributed by atoms with van der Waals surface area (Å²) >= 11 is 0. The van der Waals surface area contributed by atoms with Crippen molar-refractivity contribution in [1.82, 2.24) is 9.88 Å². The van der Waals surface area contributed by atoms with Crippen molar-refractivity contribution in [2.24, 2.45) is 0 Å². The molecule has 1 N–H and O–H groups in total.